The van der Waals surface area contributed by atoms with Gasteiger partial charge in [-0.05, 0) is 54.1 Å². The SMILES string of the molecule is N#Cc1cccc(/C=C/C(=O)Nc2ccc(-n3cnn(C[C@@](O)(Cn4cncn4)c4ccc(F)cc4F)c3=O)cc2)c1. The van der Waals surface area contributed by atoms with Crippen LogP contribution in [0.4, 0.5) is 14.5 Å². The molecule has 5 rings (SSSR count). The smallest absolute Gasteiger partial charge is 0.350 e. The summed E-state index contributed by atoms with van der Waals surface area (Å²) in [5.74, 6) is -2.20. The van der Waals surface area contributed by atoms with Crippen molar-refractivity contribution in [3.8, 4) is 11.8 Å². The Morgan fingerprint density at radius 2 is 1.86 bits per heavy atom. The minimum atomic E-state index is -2.04. The third-order valence-corrected chi connectivity index (χ3v) is 6.32. The zero-order valence-corrected chi connectivity index (χ0v) is 21.8. The zero-order valence-electron chi connectivity index (χ0n) is 21.8. The van der Waals surface area contributed by atoms with Crippen LogP contribution in [0.2, 0.25) is 0 Å². The highest BCUT2D eigenvalue weighted by Gasteiger charge is 2.35. The summed E-state index contributed by atoms with van der Waals surface area (Å²) >= 11 is 0. The summed E-state index contributed by atoms with van der Waals surface area (Å²) in [6.07, 6.45) is 6.71. The third kappa shape index (κ3) is 6.19. The van der Waals surface area contributed by atoms with Crippen LogP contribution in [0.3, 0.4) is 0 Å². The Morgan fingerprint density at radius 3 is 2.57 bits per heavy atom. The highest BCUT2D eigenvalue weighted by Crippen LogP contribution is 2.28. The topological polar surface area (TPSA) is 144 Å². The molecule has 2 heterocycles. The highest BCUT2D eigenvalue weighted by molar-refractivity contribution is 6.01. The number of hydrogen-bond donors (Lipinski definition) is 2. The van der Waals surface area contributed by atoms with Crippen LogP contribution in [0.5, 0.6) is 0 Å². The van der Waals surface area contributed by atoms with E-state index in [0.717, 1.165) is 16.8 Å². The van der Waals surface area contributed by atoms with Gasteiger partial charge in [0.15, 0.2) is 0 Å². The van der Waals surface area contributed by atoms with E-state index in [1.54, 1.807) is 54.6 Å². The van der Waals surface area contributed by atoms with Gasteiger partial charge in [-0.3, -0.25) is 4.79 Å². The molecule has 42 heavy (non-hydrogen) atoms. The Morgan fingerprint density at radius 1 is 1.05 bits per heavy atom. The van der Waals surface area contributed by atoms with Crippen molar-refractivity contribution >= 4 is 17.7 Å². The summed E-state index contributed by atoms with van der Waals surface area (Å²) in [4.78, 5) is 29.4. The molecule has 2 aromatic heterocycles. The van der Waals surface area contributed by atoms with Crippen LogP contribution in [0.1, 0.15) is 16.7 Å². The van der Waals surface area contributed by atoms with E-state index in [0.29, 0.717) is 28.6 Å². The van der Waals surface area contributed by atoms with Gasteiger partial charge >= 0.3 is 5.69 Å². The van der Waals surface area contributed by atoms with Crippen LogP contribution < -0.4 is 11.0 Å². The van der Waals surface area contributed by atoms with Crippen molar-refractivity contribution in [2.75, 3.05) is 5.32 Å². The van der Waals surface area contributed by atoms with Gasteiger partial charge in [0, 0.05) is 23.4 Å². The minimum absolute atomic E-state index is 0.243. The van der Waals surface area contributed by atoms with Crippen LogP contribution in [-0.4, -0.2) is 40.1 Å². The molecule has 1 atom stereocenters. The Balaban J connectivity index is 1.33. The molecule has 0 aliphatic carbocycles. The lowest BCUT2D eigenvalue weighted by Crippen LogP contribution is -2.41. The second kappa shape index (κ2) is 11.8. The predicted octanol–water partition coefficient (Wildman–Crippen LogP) is 3.02. The molecule has 0 radical (unpaired) electrons. The maximum atomic E-state index is 14.7. The summed E-state index contributed by atoms with van der Waals surface area (Å²) in [6.45, 7) is -0.763. The normalized spacial score (nSPS) is 12.6. The van der Waals surface area contributed by atoms with Gasteiger partial charge in [-0.1, -0.05) is 18.2 Å². The molecule has 13 heteroatoms. The minimum Gasteiger partial charge on any atom is -0.381 e. The monoisotopic (exact) mass is 568 g/mol. The second-order valence-electron chi connectivity index (χ2n) is 9.30. The molecule has 3 aromatic carbocycles. The summed E-state index contributed by atoms with van der Waals surface area (Å²) in [7, 11) is 0. The molecule has 0 bridgehead atoms. The maximum Gasteiger partial charge on any atom is 0.350 e. The van der Waals surface area contributed by atoms with Crippen LogP contribution in [0, 0.1) is 23.0 Å². The first-order valence-corrected chi connectivity index (χ1v) is 12.5. The molecular formula is C29H22F2N8O3. The number of amides is 1. The molecule has 2 N–H and O–H groups in total. The predicted molar refractivity (Wildman–Crippen MR) is 147 cm³/mol. The summed E-state index contributed by atoms with van der Waals surface area (Å²) in [5, 5.41) is 31.3. The molecule has 210 valence electrons. The van der Waals surface area contributed by atoms with Crippen LogP contribution in [-0.2, 0) is 23.5 Å². The van der Waals surface area contributed by atoms with E-state index in [4.69, 9.17) is 5.26 Å². The maximum absolute atomic E-state index is 14.7. The van der Waals surface area contributed by atoms with Gasteiger partial charge in [-0.2, -0.15) is 15.5 Å². The van der Waals surface area contributed by atoms with E-state index >= 15 is 0 Å². The molecule has 1 amide bonds. The number of nitrogens with zero attached hydrogens (tertiary/aromatic N) is 7. The average Bonchev–Trinajstić information content (AvgIpc) is 3.61. The molecular weight excluding hydrogens is 546 g/mol. The van der Waals surface area contributed by atoms with E-state index in [2.05, 4.69) is 20.5 Å². The molecule has 0 spiro atoms. The number of halogens is 2. The van der Waals surface area contributed by atoms with Gasteiger partial charge in [0.1, 0.15) is 36.2 Å². The third-order valence-electron chi connectivity index (χ3n) is 6.32. The van der Waals surface area contributed by atoms with Crippen molar-refractivity contribution in [1.29, 1.82) is 5.26 Å². The highest BCUT2D eigenvalue weighted by atomic mass is 19.1. The number of hydrogen-bond acceptors (Lipinski definition) is 7. The Labute approximate surface area is 237 Å². The first-order chi connectivity index (χ1) is 20.2. The molecule has 5 aromatic rings. The molecule has 0 saturated carbocycles. The van der Waals surface area contributed by atoms with Crippen molar-refractivity contribution in [2.24, 2.45) is 0 Å². The number of aliphatic hydroxyl groups is 1. The van der Waals surface area contributed by atoms with Crippen LogP contribution in [0.25, 0.3) is 11.8 Å². The van der Waals surface area contributed by atoms with Crippen molar-refractivity contribution in [3.63, 3.8) is 0 Å². The fourth-order valence-electron chi connectivity index (χ4n) is 4.31. The number of anilines is 1. The number of rotatable bonds is 9. The number of nitriles is 1. The molecule has 0 aliphatic heterocycles. The second-order valence-corrected chi connectivity index (χ2v) is 9.30. The van der Waals surface area contributed by atoms with Gasteiger partial charge < -0.3 is 10.4 Å². The number of carbonyl (C=O) groups is 1. The van der Waals surface area contributed by atoms with Crippen molar-refractivity contribution < 1.29 is 18.7 Å². The van der Waals surface area contributed by atoms with Crippen molar-refractivity contribution in [1.82, 2.24) is 29.1 Å². The van der Waals surface area contributed by atoms with E-state index in [1.807, 2.05) is 6.07 Å². The van der Waals surface area contributed by atoms with E-state index in [1.165, 1.54) is 34.3 Å². The summed E-state index contributed by atoms with van der Waals surface area (Å²) < 4.78 is 31.7. The number of nitrogens with one attached hydrogen (secondary N) is 1. The molecule has 0 aliphatic rings. The van der Waals surface area contributed by atoms with Crippen LogP contribution >= 0.6 is 0 Å². The van der Waals surface area contributed by atoms with Crippen molar-refractivity contribution in [2.45, 2.75) is 18.7 Å². The van der Waals surface area contributed by atoms with Gasteiger partial charge in [-0.15, -0.1) is 0 Å². The quantitative estimate of drug-likeness (QED) is 0.260. The number of carbonyl (C=O) groups excluding carboxylic acids is 1. The zero-order chi connectivity index (χ0) is 29.7. The largest absolute Gasteiger partial charge is 0.381 e. The van der Waals surface area contributed by atoms with Gasteiger partial charge in [-0.25, -0.2) is 32.5 Å². The van der Waals surface area contributed by atoms with Crippen LogP contribution in [0.15, 0.2) is 96.6 Å². The van der Waals surface area contributed by atoms with Gasteiger partial charge in [0.25, 0.3) is 0 Å². The first kappa shape index (κ1) is 27.8. The Hall–Kier alpha value is -5.74. The van der Waals surface area contributed by atoms with E-state index < -0.39 is 35.4 Å². The van der Waals surface area contributed by atoms with E-state index in [-0.39, 0.29) is 12.1 Å². The molecule has 11 nitrogen and oxygen atoms in total. The molecule has 0 fully saturated rings. The Bertz CT molecular complexity index is 1860. The standard InChI is InChI=1S/C29H22F2N8O3/c30-22-5-10-25(26(31)13-22)29(42,15-37-18-33-17-34-37)16-39-28(41)38(19-35-39)24-8-6-23(7-9-24)36-27(40)11-4-20-2-1-3-21(12-20)14-32/h1-13,17-19,42H,15-16H2,(H,36,40)/b11-4+/t29-/m0/s1. The van der Waals surface area contributed by atoms with Gasteiger partial charge in [0.2, 0.25) is 5.91 Å². The molecule has 0 saturated heterocycles. The fourth-order valence-corrected chi connectivity index (χ4v) is 4.31. The lowest BCUT2D eigenvalue weighted by atomic mass is 9.93. The van der Waals surface area contributed by atoms with Crippen molar-refractivity contribution in [3.05, 3.63) is 131 Å². The lowest BCUT2D eigenvalue weighted by molar-refractivity contribution is -0.111. The molecule has 0 unspecified atom stereocenters. The summed E-state index contributed by atoms with van der Waals surface area (Å²) in [6, 6.07) is 18.0. The summed E-state index contributed by atoms with van der Waals surface area (Å²) in [5.41, 5.74) is -0.844. The number of benzene rings is 3. The first-order valence-electron chi connectivity index (χ1n) is 12.5. The van der Waals surface area contributed by atoms with E-state index in [9.17, 15) is 23.5 Å². The average molecular weight is 569 g/mol. The lowest BCUT2D eigenvalue weighted by Gasteiger charge is -2.28. The Kier molecular flexibility index (Phi) is 7.80. The fraction of sp³-hybridized carbons (Fsp3) is 0.103. The number of aromatic nitrogens is 6. The van der Waals surface area contributed by atoms with Gasteiger partial charge in [0.05, 0.1) is 30.4 Å².